The second-order valence-electron chi connectivity index (χ2n) is 5.74. The molecule has 2 aromatic heterocycles. The molecule has 4 rings (SSSR count). The highest BCUT2D eigenvalue weighted by Gasteiger charge is 2.12. The van der Waals surface area contributed by atoms with Gasteiger partial charge in [-0.05, 0) is 36.4 Å². The van der Waals surface area contributed by atoms with Crippen molar-refractivity contribution in [3.8, 4) is 0 Å². The molecule has 4 aromatic rings. The largest absolute Gasteiger partial charge is 0.465 e. The first-order valence-electron chi connectivity index (χ1n) is 7.94. The number of carbonyl (C=O) groups is 1. The molecule has 1 N–H and O–H groups in total. The number of halogens is 1. The van der Waals surface area contributed by atoms with E-state index in [2.05, 4.69) is 15.3 Å². The van der Waals surface area contributed by atoms with Gasteiger partial charge >= 0.3 is 5.97 Å². The topological polar surface area (TPSA) is 64.1 Å². The fraction of sp³-hybridized carbons (Fsp3) is 0.0500. The van der Waals surface area contributed by atoms with Gasteiger partial charge in [-0.15, -0.1) is 0 Å². The number of hydrogen-bond acceptors (Lipinski definition) is 5. The number of nitrogens with one attached hydrogen (secondary N) is 1. The number of aromatic nitrogens is 2. The fourth-order valence-electron chi connectivity index (χ4n) is 2.89. The first kappa shape index (κ1) is 16.0. The summed E-state index contributed by atoms with van der Waals surface area (Å²) in [5.41, 5.74) is 1.61. The molecule has 26 heavy (non-hydrogen) atoms. The molecule has 128 valence electrons. The predicted octanol–water partition coefficient (Wildman–Crippen LogP) is 4.45. The molecule has 0 spiro atoms. The molecule has 0 bridgehead atoms. The Hall–Kier alpha value is -3.54. The van der Waals surface area contributed by atoms with Gasteiger partial charge in [0.25, 0.3) is 0 Å². The lowest BCUT2D eigenvalue weighted by Gasteiger charge is -2.12. The van der Waals surface area contributed by atoms with Crippen molar-refractivity contribution in [2.45, 2.75) is 0 Å². The van der Waals surface area contributed by atoms with Gasteiger partial charge in [0.15, 0.2) is 0 Å². The minimum Gasteiger partial charge on any atom is -0.465 e. The summed E-state index contributed by atoms with van der Waals surface area (Å²) in [5, 5.41) is 5.75. The maximum Gasteiger partial charge on any atom is 0.337 e. The number of hydrogen-bond donors (Lipinski definition) is 1. The number of pyridine rings is 2. The van der Waals surface area contributed by atoms with Crippen LogP contribution in [0, 0.1) is 5.82 Å². The maximum absolute atomic E-state index is 13.5. The summed E-state index contributed by atoms with van der Waals surface area (Å²) in [4.78, 5) is 20.6. The van der Waals surface area contributed by atoms with Crippen molar-refractivity contribution in [1.29, 1.82) is 0 Å². The van der Waals surface area contributed by atoms with Gasteiger partial charge in [-0.1, -0.05) is 12.1 Å². The summed E-state index contributed by atoms with van der Waals surface area (Å²) in [7, 11) is 1.33. The maximum atomic E-state index is 13.5. The highest BCUT2D eigenvalue weighted by Crippen LogP contribution is 2.31. The molecular formula is C20H14FN3O2. The zero-order valence-corrected chi connectivity index (χ0v) is 13.9. The Morgan fingerprint density at radius 2 is 1.96 bits per heavy atom. The van der Waals surface area contributed by atoms with Gasteiger partial charge in [0.1, 0.15) is 11.6 Å². The van der Waals surface area contributed by atoms with Crippen LogP contribution in [0.4, 0.5) is 15.9 Å². The number of methoxy groups -OCH3 is 1. The van der Waals surface area contributed by atoms with E-state index in [4.69, 9.17) is 4.74 Å². The highest BCUT2D eigenvalue weighted by atomic mass is 19.1. The van der Waals surface area contributed by atoms with Crippen LogP contribution in [0.2, 0.25) is 0 Å². The number of esters is 1. The van der Waals surface area contributed by atoms with Gasteiger partial charge in [-0.3, -0.25) is 4.98 Å². The second-order valence-corrected chi connectivity index (χ2v) is 5.74. The molecule has 2 heterocycles. The van der Waals surface area contributed by atoms with E-state index in [0.29, 0.717) is 22.6 Å². The van der Waals surface area contributed by atoms with Gasteiger partial charge < -0.3 is 10.1 Å². The molecule has 2 aromatic carbocycles. The van der Waals surface area contributed by atoms with Crippen molar-refractivity contribution in [2.24, 2.45) is 0 Å². The molecule has 0 aliphatic rings. The third-order valence-electron chi connectivity index (χ3n) is 4.10. The molecular weight excluding hydrogens is 333 g/mol. The Kier molecular flexibility index (Phi) is 3.93. The van der Waals surface area contributed by atoms with E-state index in [9.17, 15) is 9.18 Å². The Bertz CT molecular complexity index is 1140. The third kappa shape index (κ3) is 2.82. The zero-order chi connectivity index (χ0) is 18.1. The van der Waals surface area contributed by atoms with Crippen molar-refractivity contribution in [2.75, 3.05) is 12.4 Å². The van der Waals surface area contributed by atoms with E-state index in [1.807, 2.05) is 12.1 Å². The lowest BCUT2D eigenvalue weighted by Crippen LogP contribution is -2.02. The molecule has 0 unspecified atom stereocenters. The quantitative estimate of drug-likeness (QED) is 0.438. The molecule has 0 aliphatic carbocycles. The molecule has 0 aliphatic heterocycles. The van der Waals surface area contributed by atoms with E-state index in [-0.39, 0.29) is 5.82 Å². The van der Waals surface area contributed by atoms with Crippen molar-refractivity contribution >= 4 is 39.1 Å². The van der Waals surface area contributed by atoms with Crippen LogP contribution in [-0.4, -0.2) is 23.0 Å². The average Bonchev–Trinajstić information content (AvgIpc) is 2.67. The number of ether oxygens (including phenoxy) is 1. The molecule has 0 amide bonds. The zero-order valence-electron chi connectivity index (χ0n) is 13.9. The predicted molar refractivity (Wildman–Crippen MR) is 98.1 cm³/mol. The summed E-state index contributed by atoms with van der Waals surface area (Å²) in [5.74, 6) is -0.211. The van der Waals surface area contributed by atoms with Crippen LogP contribution < -0.4 is 5.32 Å². The summed E-state index contributed by atoms with van der Waals surface area (Å²) in [6, 6.07) is 13.2. The van der Waals surface area contributed by atoms with E-state index in [0.717, 1.165) is 16.2 Å². The van der Waals surface area contributed by atoms with Crippen LogP contribution in [0.15, 0.2) is 60.9 Å². The van der Waals surface area contributed by atoms with E-state index in [1.165, 1.54) is 19.2 Å². The number of anilines is 2. The lowest BCUT2D eigenvalue weighted by molar-refractivity contribution is 0.0601. The van der Waals surface area contributed by atoms with Crippen molar-refractivity contribution in [3.63, 3.8) is 0 Å². The number of nitrogens with zero attached hydrogens (tertiary/aromatic N) is 2. The summed E-state index contributed by atoms with van der Waals surface area (Å²) in [6.45, 7) is 0. The minimum atomic E-state index is -0.431. The molecule has 0 saturated carbocycles. The van der Waals surface area contributed by atoms with E-state index < -0.39 is 5.97 Å². The standard InChI is InChI=1S/C20H14FN3O2/c1-26-20(25)12-5-6-15-17-11-22-8-7-16(17)19(24-18(15)9-12)23-14-4-2-3-13(21)10-14/h2-11H,1H3,(H,23,24). The van der Waals surface area contributed by atoms with Crippen LogP contribution in [0.5, 0.6) is 0 Å². The average molecular weight is 347 g/mol. The van der Waals surface area contributed by atoms with Crippen LogP contribution in [-0.2, 0) is 4.74 Å². The van der Waals surface area contributed by atoms with Crippen molar-refractivity contribution in [3.05, 3.63) is 72.3 Å². The monoisotopic (exact) mass is 347 g/mol. The molecule has 6 heteroatoms. The van der Waals surface area contributed by atoms with Gasteiger partial charge in [0, 0.05) is 34.2 Å². The van der Waals surface area contributed by atoms with Crippen molar-refractivity contribution < 1.29 is 13.9 Å². The fourth-order valence-corrected chi connectivity index (χ4v) is 2.89. The Morgan fingerprint density at radius 1 is 1.08 bits per heavy atom. The highest BCUT2D eigenvalue weighted by molar-refractivity contribution is 6.11. The SMILES string of the molecule is COC(=O)c1ccc2c(c1)nc(Nc1cccc(F)c1)c1ccncc12. The van der Waals surface area contributed by atoms with Crippen LogP contribution in [0.3, 0.4) is 0 Å². The number of rotatable bonds is 3. The first-order chi connectivity index (χ1) is 12.7. The molecule has 0 fully saturated rings. The molecule has 5 nitrogen and oxygen atoms in total. The first-order valence-corrected chi connectivity index (χ1v) is 7.94. The third-order valence-corrected chi connectivity index (χ3v) is 4.10. The molecule has 0 saturated heterocycles. The van der Waals surface area contributed by atoms with E-state index >= 15 is 0 Å². The summed E-state index contributed by atoms with van der Waals surface area (Å²) < 4.78 is 18.3. The number of benzene rings is 2. The Morgan fingerprint density at radius 3 is 2.77 bits per heavy atom. The van der Waals surface area contributed by atoms with Gasteiger partial charge in [-0.2, -0.15) is 0 Å². The molecule has 0 radical (unpaired) electrons. The van der Waals surface area contributed by atoms with Gasteiger partial charge in [-0.25, -0.2) is 14.2 Å². The lowest BCUT2D eigenvalue weighted by atomic mass is 10.1. The minimum absolute atomic E-state index is 0.338. The summed E-state index contributed by atoms with van der Waals surface area (Å²) in [6.07, 6.45) is 3.42. The Balaban J connectivity index is 1.93. The normalized spacial score (nSPS) is 10.8. The molecule has 0 atom stereocenters. The van der Waals surface area contributed by atoms with Gasteiger partial charge in [0.2, 0.25) is 0 Å². The summed E-state index contributed by atoms with van der Waals surface area (Å²) >= 11 is 0. The van der Waals surface area contributed by atoms with Crippen molar-refractivity contribution in [1.82, 2.24) is 9.97 Å². The Labute approximate surface area is 148 Å². The smallest absolute Gasteiger partial charge is 0.337 e. The van der Waals surface area contributed by atoms with Gasteiger partial charge in [0.05, 0.1) is 18.2 Å². The van der Waals surface area contributed by atoms with E-state index in [1.54, 1.807) is 36.7 Å². The second kappa shape index (κ2) is 6.40. The number of fused-ring (bicyclic) bond motifs is 3. The number of carbonyl (C=O) groups excluding carboxylic acids is 1. The van der Waals surface area contributed by atoms with Crippen LogP contribution in [0.25, 0.3) is 21.7 Å². The van der Waals surface area contributed by atoms with Crippen LogP contribution >= 0.6 is 0 Å². The van der Waals surface area contributed by atoms with Crippen LogP contribution in [0.1, 0.15) is 10.4 Å².